The van der Waals surface area contributed by atoms with Crippen LogP contribution in [0.4, 0.5) is 4.39 Å². The van der Waals surface area contributed by atoms with E-state index in [1.807, 2.05) is 38.2 Å². The number of Topliss-reactive ketones (excluding diaryl/α,β-unsaturated/α-hetero) is 1. The van der Waals surface area contributed by atoms with Crippen LogP contribution in [0.15, 0.2) is 60.8 Å². The van der Waals surface area contributed by atoms with E-state index >= 15 is 0 Å². The quantitative estimate of drug-likeness (QED) is 0.355. The van der Waals surface area contributed by atoms with Crippen molar-refractivity contribution in [2.45, 2.75) is 39.7 Å². The minimum absolute atomic E-state index is 0.0802. The van der Waals surface area contributed by atoms with Crippen LogP contribution in [-0.2, 0) is 28.9 Å². The normalized spacial score (nSPS) is 14.2. The maximum atomic E-state index is 13.9. The standard InChI is InChI=1S/C30H35FN2O3/c1-22(2)21-36-30-16-24(15-27(31)17-30)5-10-29(34)18-28-9-8-26(19-32-28)25-6-3-23(4-7-25)20-33-11-13-35-14-12-33/h3-4,6-9,15-17,19,22H,5,10-14,18,20-21H2,1-2H3. The number of halogens is 1. The maximum absolute atomic E-state index is 13.9. The molecule has 36 heavy (non-hydrogen) atoms. The zero-order valence-corrected chi connectivity index (χ0v) is 21.2. The third kappa shape index (κ3) is 7.97. The number of aryl methyl sites for hydroxylation is 1. The van der Waals surface area contributed by atoms with E-state index in [1.165, 1.54) is 17.7 Å². The SMILES string of the molecule is CC(C)COc1cc(F)cc(CCC(=O)Cc2ccc(-c3ccc(CN4CCOCC4)cc3)cn2)c1. The molecule has 2 aromatic carbocycles. The lowest BCUT2D eigenvalue weighted by atomic mass is 10.0. The van der Waals surface area contributed by atoms with E-state index in [9.17, 15) is 9.18 Å². The average molecular weight is 491 g/mol. The van der Waals surface area contributed by atoms with E-state index in [2.05, 4.69) is 34.1 Å². The molecule has 1 saturated heterocycles. The lowest BCUT2D eigenvalue weighted by Gasteiger charge is -2.26. The van der Waals surface area contributed by atoms with E-state index in [0.29, 0.717) is 31.1 Å². The summed E-state index contributed by atoms with van der Waals surface area (Å²) in [6.07, 6.45) is 2.90. The highest BCUT2D eigenvalue weighted by atomic mass is 19.1. The summed E-state index contributed by atoms with van der Waals surface area (Å²) in [7, 11) is 0. The summed E-state index contributed by atoms with van der Waals surface area (Å²) in [5.41, 5.74) is 4.92. The molecule has 1 aliphatic rings. The van der Waals surface area contributed by atoms with Crippen LogP contribution in [0.1, 0.15) is 37.1 Å². The first kappa shape index (κ1) is 26.0. The predicted octanol–water partition coefficient (Wildman–Crippen LogP) is 5.50. The van der Waals surface area contributed by atoms with Gasteiger partial charge in [0.1, 0.15) is 17.3 Å². The fourth-order valence-electron chi connectivity index (χ4n) is 4.21. The number of nitrogens with zero attached hydrogens (tertiary/aromatic N) is 2. The Labute approximate surface area is 213 Å². The largest absolute Gasteiger partial charge is 0.493 e. The molecule has 0 spiro atoms. The minimum Gasteiger partial charge on any atom is -0.493 e. The van der Waals surface area contributed by atoms with Crippen LogP contribution in [-0.4, -0.2) is 48.6 Å². The number of ketones is 1. The average Bonchev–Trinajstić information content (AvgIpc) is 2.88. The second-order valence-corrected chi connectivity index (χ2v) is 9.84. The first-order chi connectivity index (χ1) is 17.4. The molecule has 5 nitrogen and oxygen atoms in total. The number of carbonyl (C=O) groups is 1. The molecule has 0 bridgehead atoms. The van der Waals surface area contributed by atoms with Crippen LogP contribution in [0.25, 0.3) is 11.1 Å². The van der Waals surface area contributed by atoms with Crippen molar-refractivity contribution < 1.29 is 18.7 Å². The minimum atomic E-state index is -0.343. The zero-order valence-electron chi connectivity index (χ0n) is 21.2. The molecular formula is C30H35FN2O3. The highest BCUT2D eigenvalue weighted by Crippen LogP contribution is 2.21. The molecule has 0 aliphatic carbocycles. The Bertz CT molecular complexity index is 1120. The van der Waals surface area contributed by atoms with Crippen molar-refractivity contribution in [2.75, 3.05) is 32.9 Å². The molecule has 0 amide bonds. The van der Waals surface area contributed by atoms with E-state index in [-0.39, 0.29) is 18.0 Å². The Balaban J connectivity index is 1.27. The fourth-order valence-corrected chi connectivity index (χ4v) is 4.21. The third-order valence-electron chi connectivity index (χ3n) is 6.21. The van der Waals surface area contributed by atoms with Gasteiger partial charge in [-0.2, -0.15) is 0 Å². The van der Waals surface area contributed by atoms with E-state index in [4.69, 9.17) is 9.47 Å². The molecule has 2 heterocycles. The molecule has 0 atom stereocenters. The number of hydrogen-bond donors (Lipinski definition) is 0. The Morgan fingerprint density at radius 2 is 1.78 bits per heavy atom. The monoisotopic (exact) mass is 490 g/mol. The zero-order chi connectivity index (χ0) is 25.3. The Morgan fingerprint density at radius 3 is 2.47 bits per heavy atom. The summed E-state index contributed by atoms with van der Waals surface area (Å²) in [5, 5.41) is 0. The van der Waals surface area contributed by atoms with Crippen LogP contribution in [0.2, 0.25) is 0 Å². The van der Waals surface area contributed by atoms with Crippen LogP contribution in [0.5, 0.6) is 5.75 Å². The highest BCUT2D eigenvalue weighted by Gasteiger charge is 2.11. The topological polar surface area (TPSA) is 51.7 Å². The van der Waals surface area contributed by atoms with Gasteiger partial charge < -0.3 is 9.47 Å². The number of rotatable bonds is 11. The molecular weight excluding hydrogens is 455 g/mol. The van der Waals surface area contributed by atoms with Crippen molar-refractivity contribution in [3.05, 3.63) is 83.4 Å². The molecule has 0 radical (unpaired) electrons. The van der Waals surface area contributed by atoms with Gasteiger partial charge in [0.05, 0.1) is 19.8 Å². The van der Waals surface area contributed by atoms with E-state index in [1.54, 1.807) is 0 Å². The molecule has 0 saturated carbocycles. The Kier molecular flexibility index (Phi) is 9.20. The molecule has 1 fully saturated rings. The van der Waals surface area contributed by atoms with Gasteiger partial charge in [0.25, 0.3) is 0 Å². The summed E-state index contributed by atoms with van der Waals surface area (Å²) in [5.74, 6) is 0.608. The second-order valence-electron chi connectivity index (χ2n) is 9.84. The van der Waals surface area contributed by atoms with Gasteiger partial charge in [-0.05, 0) is 47.2 Å². The van der Waals surface area contributed by atoms with Crippen molar-refractivity contribution in [3.63, 3.8) is 0 Å². The van der Waals surface area contributed by atoms with Gasteiger partial charge in [0, 0.05) is 56.0 Å². The number of benzene rings is 2. The Hall–Kier alpha value is -3.09. The number of hydrogen-bond acceptors (Lipinski definition) is 5. The van der Waals surface area contributed by atoms with Crippen molar-refractivity contribution in [1.82, 2.24) is 9.88 Å². The smallest absolute Gasteiger partial charge is 0.139 e. The van der Waals surface area contributed by atoms with Gasteiger partial charge >= 0.3 is 0 Å². The fraction of sp³-hybridized carbons (Fsp3) is 0.400. The van der Waals surface area contributed by atoms with Gasteiger partial charge in [-0.3, -0.25) is 14.7 Å². The molecule has 0 N–H and O–H groups in total. The van der Waals surface area contributed by atoms with Gasteiger partial charge in [-0.25, -0.2) is 4.39 Å². The first-order valence-corrected chi connectivity index (χ1v) is 12.7. The molecule has 1 aromatic heterocycles. The van der Waals surface area contributed by atoms with E-state index in [0.717, 1.165) is 55.2 Å². The van der Waals surface area contributed by atoms with Crippen molar-refractivity contribution in [3.8, 4) is 16.9 Å². The number of pyridine rings is 1. The maximum Gasteiger partial charge on any atom is 0.139 e. The van der Waals surface area contributed by atoms with Crippen molar-refractivity contribution >= 4 is 5.78 Å². The third-order valence-corrected chi connectivity index (χ3v) is 6.21. The second kappa shape index (κ2) is 12.7. The van der Waals surface area contributed by atoms with Crippen LogP contribution < -0.4 is 4.74 Å². The molecule has 4 rings (SSSR count). The number of carbonyl (C=O) groups excluding carboxylic acids is 1. The Morgan fingerprint density at radius 1 is 1.03 bits per heavy atom. The molecule has 190 valence electrons. The first-order valence-electron chi connectivity index (χ1n) is 12.7. The molecule has 1 aliphatic heterocycles. The summed E-state index contributed by atoms with van der Waals surface area (Å²) in [4.78, 5) is 19.5. The lowest BCUT2D eigenvalue weighted by Crippen LogP contribution is -2.35. The lowest BCUT2D eigenvalue weighted by molar-refractivity contribution is -0.118. The summed E-state index contributed by atoms with van der Waals surface area (Å²) >= 11 is 0. The van der Waals surface area contributed by atoms with Crippen LogP contribution >= 0.6 is 0 Å². The van der Waals surface area contributed by atoms with Crippen LogP contribution in [0.3, 0.4) is 0 Å². The van der Waals surface area contributed by atoms with E-state index < -0.39 is 0 Å². The molecule has 0 unspecified atom stereocenters. The van der Waals surface area contributed by atoms with Gasteiger partial charge in [0.15, 0.2) is 0 Å². The number of aromatic nitrogens is 1. The summed E-state index contributed by atoms with van der Waals surface area (Å²) in [6.45, 7) is 9.11. The van der Waals surface area contributed by atoms with Crippen LogP contribution in [0, 0.1) is 11.7 Å². The van der Waals surface area contributed by atoms with Gasteiger partial charge in [-0.15, -0.1) is 0 Å². The summed E-state index contributed by atoms with van der Waals surface area (Å²) in [6, 6.07) is 17.2. The summed E-state index contributed by atoms with van der Waals surface area (Å²) < 4.78 is 25.0. The molecule has 3 aromatic rings. The van der Waals surface area contributed by atoms with Crippen molar-refractivity contribution in [1.29, 1.82) is 0 Å². The molecule has 6 heteroatoms. The number of morpholine rings is 1. The number of ether oxygens (including phenoxy) is 2. The predicted molar refractivity (Wildman–Crippen MR) is 140 cm³/mol. The highest BCUT2D eigenvalue weighted by molar-refractivity contribution is 5.80. The van der Waals surface area contributed by atoms with Gasteiger partial charge in [-0.1, -0.05) is 44.2 Å². The van der Waals surface area contributed by atoms with Crippen molar-refractivity contribution in [2.24, 2.45) is 5.92 Å². The van der Waals surface area contributed by atoms with Gasteiger partial charge in [0.2, 0.25) is 0 Å².